The van der Waals surface area contributed by atoms with Crippen molar-refractivity contribution in [2.24, 2.45) is 0 Å². The predicted octanol–water partition coefficient (Wildman–Crippen LogP) is 3.58. The highest BCUT2D eigenvalue weighted by Crippen LogP contribution is 2.21. The standard InChI is InChI=1S/C14H15BrN2OS/c1-17(8-11-6-7-19-10-11)9-14(18)16-13-5-3-2-4-12(13)15/h2-7,10H,8-9H2,1H3,(H,16,18). The quantitative estimate of drug-likeness (QED) is 0.903. The van der Waals surface area contributed by atoms with Gasteiger partial charge in [0.05, 0.1) is 12.2 Å². The Hall–Kier alpha value is -1.17. The summed E-state index contributed by atoms with van der Waals surface area (Å²) in [7, 11) is 1.94. The SMILES string of the molecule is CN(CC(=O)Nc1ccccc1Br)Cc1ccsc1. The maximum absolute atomic E-state index is 11.9. The van der Waals surface area contributed by atoms with E-state index in [9.17, 15) is 4.79 Å². The number of nitrogens with one attached hydrogen (secondary N) is 1. The third-order valence-electron chi connectivity index (χ3n) is 2.59. The van der Waals surface area contributed by atoms with Crippen molar-refractivity contribution in [1.82, 2.24) is 4.90 Å². The third-order valence-corrected chi connectivity index (χ3v) is 4.02. The van der Waals surface area contributed by atoms with Crippen LogP contribution in [0.2, 0.25) is 0 Å². The van der Waals surface area contributed by atoms with E-state index in [0.29, 0.717) is 6.54 Å². The lowest BCUT2D eigenvalue weighted by Crippen LogP contribution is -2.29. The van der Waals surface area contributed by atoms with E-state index in [1.165, 1.54) is 5.56 Å². The van der Waals surface area contributed by atoms with Gasteiger partial charge >= 0.3 is 0 Å². The summed E-state index contributed by atoms with van der Waals surface area (Å²) in [4.78, 5) is 13.9. The van der Waals surface area contributed by atoms with Crippen molar-refractivity contribution < 1.29 is 4.79 Å². The minimum Gasteiger partial charge on any atom is -0.324 e. The normalized spacial score (nSPS) is 10.7. The number of carbonyl (C=O) groups excluding carboxylic acids is 1. The molecule has 2 rings (SSSR count). The zero-order chi connectivity index (χ0) is 13.7. The number of anilines is 1. The number of amides is 1. The van der Waals surface area contributed by atoms with Crippen LogP contribution in [0.5, 0.6) is 0 Å². The zero-order valence-electron chi connectivity index (χ0n) is 10.6. The Bertz CT molecular complexity index is 542. The lowest BCUT2D eigenvalue weighted by Gasteiger charge is -2.15. The van der Waals surface area contributed by atoms with E-state index in [0.717, 1.165) is 16.7 Å². The smallest absolute Gasteiger partial charge is 0.238 e. The van der Waals surface area contributed by atoms with Crippen molar-refractivity contribution in [3.63, 3.8) is 0 Å². The number of para-hydroxylation sites is 1. The number of halogens is 1. The van der Waals surface area contributed by atoms with Crippen LogP contribution in [-0.2, 0) is 11.3 Å². The molecule has 0 unspecified atom stereocenters. The molecule has 1 aromatic carbocycles. The van der Waals surface area contributed by atoms with Gasteiger partial charge in [0, 0.05) is 11.0 Å². The molecule has 0 aliphatic rings. The summed E-state index contributed by atoms with van der Waals surface area (Å²) in [6.07, 6.45) is 0. The second kappa shape index (κ2) is 6.84. The van der Waals surface area contributed by atoms with E-state index in [2.05, 4.69) is 32.7 Å². The summed E-state index contributed by atoms with van der Waals surface area (Å²) >= 11 is 5.08. The van der Waals surface area contributed by atoms with E-state index >= 15 is 0 Å². The average Bonchev–Trinajstić information content (AvgIpc) is 2.84. The Morgan fingerprint density at radius 1 is 1.37 bits per heavy atom. The molecule has 0 aliphatic carbocycles. The molecule has 0 bridgehead atoms. The average molecular weight is 339 g/mol. The number of benzene rings is 1. The Kier molecular flexibility index (Phi) is 5.13. The summed E-state index contributed by atoms with van der Waals surface area (Å²) in [5.41, 5.74) is 2.04. The summed E-state index contributed by atoms with van der Waals surface area (Å²) in [5, 5.41) is 7.04. The summed E-state index contributed by atoms with van der Waals surface area (Å²) in [6.45, 7) is 1.16. The molecule has 100 valence electrons. The van der Waals surface area contributed by atoms with Crippen molar-refractivity contribution in [3.8, 4) is 0 Å². The molecule has 1 heterocycles. The lowest BCUT2D eigenvalue weighted by atomic mass is 10.3. The van der Waals surface area contributed by atoms with Crippen LogP contribution < -0.4 is 5.32 Å². The van der Waals surface area contributed by atoms with Crippen LogP contribution in [0.25, 0.3) is 0 Å². The van der Waals surface area contributed by atoms with Crippen molar-refractivity contribution in [1.29, 1.82) is 0 Å². The molecule has 2 aromatic rings. The van der Waals surface area contributed by atoms with Crippen molar-refractivity contribution in [2.75, 3.05) is 18.9 Å². The van der Waals surface area contributed by atoms with Gasteiger partial charge in [0.15, 0.2) is 0 Å². The molecule has 0 radical (unpaired) electrons. The van der Waals surface area contributed by atoms with Crippen molar-refractivity contribution >= 4 is 38.9 Å². The van der Waals surface area contributed by atoms with Crippen LogP contribution in [0, 0.1) is 0 Å². The molecular weight excluding hydrogens is 324 g/mol. The van der Waals surface area contributed by atoms with E-state index in [4.69, 9.17) is 0 Å². The molecular formula is C14H15BrN2OS. The Morgan fingerprint density at radius 2 is 2.16 bits per heavy atom. The minimum atomic E-state index is -0.00960. The predicted molar refractivity (Wildman–Crippen MR) is 83.4 cm³/mol. The molecule has 5 heteroatoms. The highest BCUT2D eigenvalue weighted by Gasteiger charge is 2.09. The molecule has 1 aromatic heterocycles. The van der Waals surface area contributed by atoms with Gasteiger partial charge in [-0.05, 0) is 57.5 Å². The van der Waals surface area contributed by atoms with E-state index in [1.807, 2.05) is 41.6 Å². The number of thiophene rings is 1. The first-order valence-electron chi connectivity index (χ1n) is 5.89. The van der Waals surface area contributed by atoms with Gasteiger partial charge in [0.1, 0.15) is 0 Å². The molecule has 0 aliphatic heterocycles. The van der Waals surface area contributed by atoms with Gasteiger partial charge in [-0.3, -0.25) is 9.69 Å². The molecule has 0 saturated heterocycles. The molecule has 19 heavy (non-hydrogen) atoms. The molecule has 1 N–H and O–H groups in total. The molecule has 0 spiro atoms. The fourth-order valence-electron chi connectivity index (χ4n) is 1.75. The third kappa shape index (κ3) is 4.45. The fraction of sp³-hybridized carbons (Fsp3) is 0.214. The number of rotatable bonds is 5. The maximum Gasteiger partial charge on any atom is 0.238 e. The number of nitrogens with zero attached hydrogens (tertiary/aromatic N) is 1. The monoisotopic (exact) mass is 338 g/mol. The van der Waals surface area contributed by atoms with E-state index in [-0.39, 0.29) is 5.91 Å². The first-order valence-corrected chi connectivity index (χ1v) is 7.63. The van der Waals surface area contributed by atoms with Gasteiger partial charge in [-0.2, -0.15) is 11.3 Å². The minimum absolute atomic E-state index is 0.00960. The summed E-state index contributed by atoms with van der Waals surface area (Å²) in [5.74, 6) is -0.00960. The van der Waals surface area contributed by atoms with Gasteiger partial charge in [-0.1, -0.05) is 12.1 Å². The highest BCUT2D eigenvalue weighted by molar-refractivity contribution is 9.10. The Labute approximate surface area is 125 Å². The topological polar surface area (TPSA) is 32.3 Å². The van der Waals surface area contributed by atoms with Crippen LogP contribution >= 0.6 is 27.3 Å². The van der Waals surface area contributed by atoms with Crippen molar-refractivity contribution in [2.45, 2.75) is 6.54 Å². The first-order chi connectivity index (χ1) is 9.15. The molecule has 0 fully saturated rings. The lowest BCUT2D eigenvalue weighted by molar-refractivity contribution is -0.117. The van der Waals surface area contributed by atoms with Crippen LogP contribution in [0.4, 0.5) is 5.69 Å². The van der Waals surface area contributed by atoms with Crippen LogP contribution in [0.15, 0.2) is 45.6 Å². The maximum atomic E-state index is 11.9. The summed E-state index contributed by atoms with van der Waals surface area (Å²) < 4.78 is 0.892. The van der Waals surface area contributed by atoms with Gasteiger partial charge < -0.3 is 5.32 Å². The van der Waals surface area contributed by atoms with E-state index in [1.54, 1.807) is 11.3 Å². The number of hydrogen-bond donors (Lipinski definition) is 1. The van der Waals surface area contributed by atoms with Gasteiger partial charge in [-0.25, -0.2) is 0 Å². The van der Waals surface area contributed by atoms with Crippen LogP contribution in [0.3, 0.4) is 0 Å². The highest BCUT2D eigenvalue weighted by atomic mass is 79.9. The molecule has 0 saturated carbocycles. The van der Waals surface area contributed by atoms with Crippen LogP contribution in [0.1, 0.15) is 5.56 Å². The fourth-order valence-corrected chi connectivity index (χ4v) is 2.79. The first kappa shape index (κ1) is 14.2. The van der Waals surface area contributed by atoms with Crippen LogP contribution in [-0.4, -0.2) is 24.4 Å². The van der Waals surface area contributed by atoms with Crippen molar-refractivity contribution in [3.05, 3.63) is 51.1 Å². The molecule has 0 atom stereocenters. The number of likely N-dealkylation sites (N-methyl/N-ethyl adjacent to an activating group) is 1. The Balaban J connectivity index is 1.86. The molecule has 1 amide bonds. The van der Waals surface area contributed by atoms with Gasteiger partial charge in [0.2, 0.25) is 5.91 Å². The van der Waals surface area contributed by atoms with E-state index < -0.39 is 0 Å². The molecule has 3 nitrogen and oxygen atoms in total. The van der Waals surface area contributed by atoms with Gasteiger partial charge in [-0.15, -0.1) is 0 Å². The largest absolute Gasteiger partial charge is 0.324 e. The summed E-state index contributed by atoms with van der Waals surface area (Å²) in [6, 6.07) is 9.68. The Morgan fingerprint density at radius 3 is 2.84 bits per heavy atom. The second-order valence-electron chi connectivity index (χ2n) is 4.33. The number of hydrogen-bond acceptors (Lipinski definition) is 3. The second-order valence-corrected chi connectivity index (χ2v) is 5.97. The zero-order valence-corrected chi connectivity index (χ0v) is 13.0. The van der Waals surface area contributed by atoms with Gasteiger partial charge in [0.25, 0.3) is 0 Å². The number of carbonyl (C=O) groups is 1.